The molecule has 0 unspecified atom stereocenters. The number of nitrogens with zero attached hydrogens (tertiary/aromatic N) is 1. The van der Waals surface area contributed by atoms with Gasteiger partial charge in [0.2, 0.25) is 0 Å². The van der Waals surface area contributed by atoms with E-state index in [1.54, 1.807) is 0 Å². The molecule has 0 spiro atoms. The fourth-order valence-corrected chi connectivity index (χ4v) is 2.81. The molecule has 1 heterocycles. The minimum absolute atomic E-state index is 0.104. The fourth-order valence-electron chi connectivity index (χ4n) is 2.81. The molecule has 0 radical (unpaired) electrons. The number of anilines is 1. The van der Waals surface area contributed by atoms with Gasteiger partial charge in [0, 0.05) is 44.6 Å². The van der Waals surface area contributed by atoms with Gasteiger partial charge in [0.1, 0.15) is 0 Å². The lowest BCUT2D eigenvalue weighted by Crippen LogP contribution is -2.34. The topological polar surface area (TPSA) is 41.6 Å². The molecule has 21 heavy (non-hydrogen) atoms. The molecule has 1 amide bonds. The predicted octanol–water partition coefficient (Wildman–Crippen LogP) is 2.93. The lowest BCUT2D eigenvalue weighted by Gasteiger charge is -2.27. The summed E-state index contributed by atoms with van der Waals surface area (Å²) in [7, 11) is 1.89. The van der Waals surface area contributed by atoms with Crippen LogP contribution in [0.1, 0.15) is 35.7 Å². The van der Waals surface area contributed by atoms with Crippen molar-refractivity contribution in [2.75, 3.05) is 38.7 Å². The van der Waals surface area contributed by atoms with Crippen LogP contribution in [0.15, 0.2) is 18.2 Å². The first kappa shape index (κ1) is 15.8. The van der Waals surface area contributed by atoms with E-state index in [1.807, 2.05) is 37.1 Å². The van der Waals surface area contributed by atoms with E-state index in [4.69, 9.17) is 4.74 Å². The Kier molecular flexibility index (Phi) is 5.62. The summed E-state index contributed by atoms with van der Waals surface area (Å²) in [6.07, 6.45) is 2.10. The van der Waals surface area contributed by atoms with Gasteiger partial charge in [0.05, 0.1) is 0 Å². The zero-order valence-electron chi connectivity index (χ0n) is 13.3. The molecule has 1 aromatic carbocycles. The summed E-state index contributed by atoms with van der Waals surface area (Å²) in [4.78, 5) is 14.4. The van der Waals surface area contributed by atoms with E-state index in [1.165, 1.54) is 0 Å². The monoisotopic (exact) mass is 290 g/mol. The van der Waals surface area contributed by atoms with Crippen LogP contribution in [-0.2, 0) is 4.74 Å². The lowest BCUT2D eigenvalue weighted by atomic mass is 9.99. The number of benzene rings is 1. The zero-order chi connectivity index (χ0) is 15.2. The van der Waals surface area contributed by atoms with Crippen LogP contribution in [-0.4, -0.2) is 44.2 Å². The van der Waals surface area contributed by atoms with Gasteiger partial charge in [-0.3, -0.25) is 4.79 Å². The second-order valence-electron chi connectivity index (χ2n) is 5.80. The molecule has 1 saturated heterocycles. The van der Waals surface area contributed by atoms with Crippen LogP contribution < -0.4 is 5.32 Å². The minimum atomic E-state index is 0.104. The van der Waals surface area contributed by atoms with Crippen molar-refractivity contribution >= 4 is 11.6 Å². The van der Waals surface area contributed by atoms with Crippen molar-refractivity contribution in [3.63, 3.8) is 0 Å². The average Bonchev–Trinajstić information content (AvgIpc) is 2.49. The highest BCUT2D eigenvalue weighted by molar-refractivity contribution is 5.94. The molecule has 0 bridgehead atoms. The predicted molar refractivity (Wildman–Crippen MR) is 85.8 cm³/mol. The number of carbonyl (C=O) groups is 1. The Bertz CT molecular complexity index is 482. The fraction of sp³-hybridized carbons (Fsp3) is 0.588. The van der Waals surface area contributed by atoms with Crippen LogP contribution in [0.3, 0.4) is 0 Å². The second-order valence-corrected chi connectivity index (χ2v) is 5.80. The van der Waals surface area contributed by atoms with E-state index >= 15 is 0 Å². The van der Waals surface area contributed by atoms with Crippen LogP contribution in [0.2, 0.25) is 0 Å². The van der Waals surface area contributed by atoms with Crippen molar-refractivity contribution in [2.24, 2.45) is 5.92 Å². The number of carbonyl (C=O) groups excluding carboxylic acids is 1. The van der Waals surface area contributed by atoms with E-state index in [0.717, 1.165) is 56.0 Å². The van der Waals surface area contributed by atoms with Crippen molar-refractivity contribution in [3.8, 4) is 0 Å². The standard InChI is InChI=1S/C17H26N2O2/c1-4-18-16-6-5-15(11-13(16)2)17(20)19(3)12-14-7-9-21-10-8-14/h5-6,11,14,18H,4,7-10,12H2,1-3H3. The number of ether oxygens (including phenoxy) is 1. The van der Waals surface area contributed by atoms with Gasteiger partial charge >= 0.3 is 0 Å². The smallest absolute Gasteiger partial charge is 0.253 e. The second kappa shape index (κ2) is 7.46. The Morgan fingerprint density at radius 1 is 1.38 bits per heavy atom. The van der Waals surface area contributed by atoms with Crippen molar-refractivity contribution in [2.45, 2.75) is 26.7 Å². The Morgan fingerprint density at radius 2 is 2.10 bits per heavy atom. The van der Waals surface area contributed by atoms with Gasteiger partial charge in [-0.05, 0) is 56.4 Å². The Morgan fingerprint density at radius 3 is 2.71 bits per heavy atom. The summed E-state index contributed by atoms with van der Waals surface area (Å²) >= 11 is 0. The van der Waals surface area contributed by atoms with Crippen LogP contribution in [0.4, 0.5) is 5.69 Å². The highest BCUT2D eigenvalue weighted by Crippen LogP contribution is 2.19. The Labute approximate surface area is 127 Å². The van der Waals surface area contributed by atoms with Gasteiger partial charge < -0.3 is 15.0 Å². The highest BCUT2D eigenvalue weighted by Gasteiger charge is 2.19. The van der Waals surface area contributed by atoms with Gasteiger partial charge in [-0.1, -0.05) is 0 Å². The lowest BCUT2D eigenvalue weighted by molar-refractivity contribution is 0.0497. The number of hydrogen-bond acceptors (Lipinski definition) is 3. The summed E-state index contributed by atoms with van der Waals surface area (Å²) in [6.45, 7) is 7.45. The summed E-state index contributed by atoms with van der Waals surface area (Å²) in [5.74, 6) is 0.669. The van der Waals surface area contributed by atoms with Crippen LogP contribution in [0.25, 0.3) is 0 Å². The zero-order valence-corrected chi connectivity index (χ0v) is 13.3. The molecule has 1 aliphatic heterocycles. The van der Waals surface area contributed by atoms with Crippen molar-refractivity contribution in [3.05, 3.63) is 29.3 Å². The summed E-state index contributed by atoms with van der Waals surface area (Å²) < 4.78 is 5.37. The molecule has 1 aromatic rings. The highest BCUT2D eigenvalue weighted by atomic mass is 16.5. The van der Waals surface area contributed by atoms with Crippen LogP contribution in [0.5, 0.6) is 0 Å². The van der Waals surface area contributed by atoms with Gasteiger partial charge in [0.15, 0.2) is 0 Å². The molecular formula is C17H26N2O2. The molecule has 4 nitrogen and oxygen atoms in total. The third-order valence-electron chi connectivity index (χ3n) is 4.06. The summed E-state index contributed by atoms with van der Waals surface area (Å²) in [5, 5.41) is 3.30. The van der Waals surface area contributed by atoms with Gasteiger partial charge in [-0.25, -0.2) is 0 Å². The molecule has 116 valence electrons. The average molecular weight is 290 g/mol. The molecular weight excluding hydrogens is 264 g/mol. The number of aryl methyl sites for hydroxylation is 1. The van der Waals surface area contributed by atoms with Crippen molar-refractivity contribution in [1.82, 2.24) is 4.90 Å². The van der Waals surface area contributed by atoms with Crippen molar-refractivity contribution in [1.29, 1.82) is 0 Å². The summed E-state index contributed by atoms with van der Waals surface area (Å²) in [6, 6.07) is 5.88. The summed E-state index contributed by atoms with van der Waals surface area (Å²) in [5.41, 5.74) is 2.98. The van der Waals surface area contributed by atoms with Crippen LogP contribution >= 0.6 is 0 Å². The van der Waals surface area contributed by atoms with Gasteiger partial charge in [-0.2, -0.15) is 0 Å². The van der Waals surface area contributed by atoms with E-state index in [9.17, 15) is 4.79 Å². The molecule has 4 heteroatoms. The largest absolute Gasteiger partial charge is 0.385 e. The minimum Gasteiger partial charge on any atom is -0.385 e. The Hall–Kier alpha value is -1.55. The van der Waals surface area contributed by atoms with Crippen LogP contribution in [0, 0.1) is 12.8 Å². The van der Waals surface area contributed by atoms with E-state index < -0.39 is 0 Å². The number of hydrogen-bond donors (Lipinski definition) is 1. The molecule has 0 saturated carbocycles. The third kappa shape index (κ3) is 4.21. The molecule has 2 rings (SSSR count). The molecule has 0 atom stereocenters. The van der Waals surface area contributed by atoms with E-state index in [2.05, 4.69) is 12.2 Å². The maximum Gasteiger partial charge on any atom is 0.253 e. The normalized spacial score (nSPS) is 15.8. The first-order chi connectivity index (χ1) is 10.1. The SMILES string of the molecule is CCNc1ccc(C(=O)N(C)CC2CCOCC2)cc1C. The molecule has 0 aliphatic carbocycles. The molecule has 1 N–H and O–H groups in total. The molecule has 0 aromatic heterocycles. The van der Waals surface area contributed by atoms with Gasteiger partial charge in [-0.15, -0.1) is 0 Å². The van der Waals surface area contributed by atoms with Crippen molar-refractivity contribution < 1.29 is 9.53 Å². The third-order valence-corrected chi connectivity index (χ3v) is 4.06. The van der Waals surface area contributed by atoms with Gasteiger partial charge in [0.25, 0.3) is 5.91 Å². The quantitative estimate of drug-likeness (QED) is 0.906. The maximum absolute atomic E-state index is 12.5. The first-order valence-electron chi connectivity index (χ1n) is 7.79. The van der Waals surface area contributed by atoms with E-state index in [0.29, 0.717) is 5.92 Å². The Balaban J connectivity index is 1.99. The number of nitrogens with one attached hydrogen (secondary N) is 1. The maximum atomic E-state index is 12.5. The number of amides is 1. The molecule has 1 fully saturated rings. The first-order valence-corrected chi connectivity index (χ1v) is 7.79. The number of rotatable bonds is 5. The van der Waals surface area contributed by atoms with E-state index in [-0.39, 0.29) is 5.91 Å². The molecule has 1 aliphatic rings.